The van der Waals surface area contributed by atoms with Gasteiger partial charge in [0.2, 0.25) is 5.91 Å². The fourth-order valence-electron chi connectivity index (χ4n) is 4.22. The van der Waals surface area contributed by atoms with Crippen molar-refractivity contribution >= 4 is 23.5 Å². The molecule has 8 heteroatoms. The topological polar surface area (TPSA) is 121 Å². The first kappa shape index (κ1) is 22.1. The van der Waals surface area contributed by atoms with Crippen LogP contribution in [-0.4, -0.2) is 47.9 Å². The van der Waals surface area contributed by atoms with Gasteiger partial charge in [-0.05, 0) is 64.5 Å². The molecular weight excluding hydrogens is 382 g/mol. The molecule has 164 valence electrons. The molecule has 0 unspecified atom stereocenters. The van der Waals surface area contributed by atoms with Gasteiger partial charge in [-0.1, -0.05) is 0 Å². The number of anilines is 1. The molecule has 2 fully saturated rings. The van der Waals surface area contributed by atoms with E-state index < -0.39 is 0 Å². The number of nitrogens with two attached hydrogens (primary N) is 1. The zero-order chi connectivity index (χ0) is 21.7. The number of amidine groups is 1. The number of esters is 1. The van der Waals surface area contributed by atoms with Crippen molar-refractivity contribution in [2.75, 3.05) is 18.0 Å². The minimum absolute atomic E-state index is 0.00952. The molecule has 3 rings (SSSR count). The van der Waals surface area contributed by atoms with E-state index in [0.717, 1.165) is 57.4 Å². The van der Waals surface area contributed by atoms with Crippen molar-refractivity contribution in [1.82, 2.24) is 10.3 Å². The maximum Gasteiger partial charge on any atom is 0.309 e. The van der Waals surface area contributed by atoms with Crippen LogP contribution in [0.3, 0.4) is 0 Å². The fourth-order valence-corrected chi connectivity index (χ4v) is 4.22. The third-order valence-electron chi connectivity index (χ3n) is 6.01. The summed E-state index contributed by atoms with van der Waals surface area (Å²) >= 11 is 0. The largest absolute Gasteiger partial charge is 0.463 e. The number of nitrogen functional groups attached to an aromatic ring is 1. The van der Waals surface area contributed by atoms with E-state index in [1.54, 1.807) is 12.3 Å². The van der Waals surface area contributed by atoms with Crippen LogP contribution in [0.4, 0.5) is 5.82 Å². The summed E-state index contributed by atoms with van der Waals surface area (Å²) in [6, 6.07) is 3.83. The third kappa shape index (κ3) is 5.70. The molecule has 0 bridgehead atoms. The second-order valence-corrected chi connectivity index (χ2v) is 8.62. The first-order valence-electron chi connectivity index (χ1n) is 10.9. The smallest absolute Gasteiger partial charge is 0.309 e. The van der Waals surface area contributed by atoms with E-state index in [9.17, 15) is 9.59 Å². The van der Waals surface area contributed by atoms with Crippen LogP contribution in [0.15, 0.2) is 18.3 Å². The zero-order valence-corrected chi connectivity index (χ0v) is 17.9. The summed E-state index contributed by atoms with van der Waals surface area (Å²) in [5.41, 5.74) is 6.09. The van der Waals surface area contributed by atoms with Crippen LogP contribution in [-0.2, 0) is 14.3 Å². The Morgan fingerprint density at radius 1 is 1.13 bits per heavy atom. The summed E-state index contributed by atoms with van der Waals surface area (Å²) in [6.07, 6.45) is 6.32. The van der Waals surface area contributed by atoms with E-state index >= 15 is 0 Å². The number of amides is 1. The average molecular weight is 416 g/mol. The first-order chi connectivity index (χ1) is 14.3. The minimum Gasteiger partial charge on any atom is -0.463 e. The maximum atomic E-state index is 12.7. The predicted octanol–water partition coefficient (Wildman–Crippen LogP) is 2.21. The van der Waals surface area contributed by atoms with Crippen molar-refractivity contribution in [2.45, 2.75) is 64.5 Å². The van der Waals surface area contributed by atoms with Crippen LogP contribution in [0.1, 0.15) is 57.9 Å². The lowest BCUT2D eigenvalue weighted by Crippen LogP contribution is -2.45. The SMILES string of the molecule is CC(C)OC(=O)C1CCC(NC(=O)C2CCN(c3ccc(C(=N)N)cn3)CC2)CC1. The molecule has 0 aromatic carbocycles. The Labute approximate surface area is 178 Å². The number of piperidine rings is 1. The van der Waals surface area contributed by atoms with Gasteiger partial charge in [-0.3, -0.25) is 15.0 Å². The van der Waals surface area contributed by atoms with Gasteiger partial charge in [0.25, 0.3) is 0 Å². The van der Waals surface area contributed by atoms with E-state index in [0.29, 0.717) is 5.56 Å². The van der Waals surface area contributed by atoms with Gasteiger partial charge in [0.1, 0.15) is 11.7 Å². The molecule has 30 heavy (non-hydrogen) atoms. The second-order valence-electron chi connectivity index (χ2n) is 8.62. The number of ether oxygens (including phenoxy) is 1. The third-order valence-corrected chi connectivity index (χ3v) is 6.01. The number of aromatic nitrogens is 1. The number of carbonyl (C=O) groups excluding carboxylic acids is 2. The number of nitrogens with one attached hydrogen (secondary N) is 2. The van der Waals surface area contributed by atoms with Crippen molar-refractivity contribution in [2.24, 2.45) is 17.6 Å². The molecule has 0 spiro atoms. The molecule has 1 aromatic heterocycles. The normalized spacial score (nSPS) is 22.6. The fraction of sp³-hybridized carbons (Fsp3) is 0.636. The first-order valence-corrected chi connectivity index (χ1v) is 10.9. The van der Waals surface area contributed by atoms with Crippen LogP contribution in [0.25, 0.3) is 0 Å². The lowest BCUT2D eigenvalue weighted by atomic mass is 9.85. The summed E-state index contributed by atoms with van der Waals surface area (Å²) in [5, 5.41) is 10.6. The summed E-state index contributed by atoms with van der Waals surface area (Å²) in [7, 11) is 0. The van der Waals surface area contributed by atoms with Crippen molar-refractivity contribution in [3.8, 4) is 0 Å². The van der Waals surface area contributed by atoms with Gasteiger partial charge in [-0.25, -0.2) is 4.98 Å². The molecule has 2 heterocycles. The Hall–Kier alpha value is -2.64. The number of hydrogen-bond donors (Lipinski definition) is 3. The molecule has 4 N–H and O–H groups in total. The Morgan fingerprint density at radius 2 is 1.80 bits per heavy atom. The number of hydrogen-bond acceptors (Lipinski definition) is 6. The second kappa shape index (κ2) is 9.91. The maximum absolute atomic E-state index is 12.7. The van der Waals surface area contributed by atoms with Crippen molar-refractivity contribution in [3.63, 3.8) is 0 Å². The van der Waals surface area contributed by atoms with E-state index in [4.69, 9.17) is 15.9 Å². The molecule has 1 aromatic rings. The summed E-state index contributed by atoms with van der Waals surface area (Å²) in [5.74, 6) is 0.864. The molecule has 8 nitrogen and oxygen atoms in total. The number of nitrogens with zero attached hydrogens (tertiary/aromatic N) is 2. The van der Waals surface area contributed by atoms with Gasteiger partial charge in [-0.15, -0.1) is 0 Å². The highest BCUT2D eigenvalue weighted by molar-refractivity contribution is 5.94. The number of rotatable bonds is 6. The summed E-state index contributed by atoms with van der Waals surface area (Å²) in [6.45, 7) is 5.29. The molecule has 1 amide bonds. The lowest BCUT2D eigenvalue weighted by molar-refractivity contribution is -0.153. The van der Waals surface area contributed by atoms with Crippen LogP contribution in [0.5, 0.6) is 0 Å². The Bertz CT molecular complexity index is 749. The summed E-state index contributed by atoms with van der Waals surface area (Å²) in [4.78, 5) is 31.3. The van der Waals surface area contributed by atoms with E-state index in [2.05, 4.69) is 15.2 Å². The Kier molecular flexibility index (Phi) is 7.29. The quantitative estimate of drug-likeness (QED) is 0.372. The molecular formula is C22H33N5O3. The monoisotopic (exact) mass is 415 g/mol. The Balaban J connectivity index is 1.41. The van der Waals surface area contributed by atoms with E-state index in [1.165, 1.54) is 0 Å². The zero-order valence-electron chi connectivity index (χ0n) is 17.9. The molecule has 0 radical (unpaired) electrons. The van der Waals surface area contributed by atoms with Crippen molar-refractivity contribution in [3.05, 3.63) is 23.9 Å². The van der Waals surface area contributed by atoms with Crippen LogP contribution >= 0.6 is 0 Å². The highest BCUT2D eigenvalue weighted by atomic mass is 16.5. The number of pyridine rings is 1. The van der Waals surface area contributed by atoms with Crippen molar-refractivity contribution in [1.29, 1.82) is 5.41 Å². The molecule has 0 atom stereocenters. The molecule has 1 saturated carbocycles. The number of carbonyl (C=O) groups is 2. The molecule has 1 aliphatic carbocycles. The van der Waals surface area contributed by atoms with Crippen LogP contribution < -0.4 is 16.0 Å². The Morgan fingerprint density at radius 3 is 2.33 bits per heavy atom. The van der Waals surface area contributed by atoms with Gasteiger partial charge in [-0.2, -0.15) is 0 Å². The average Bonchev–Trinajstić information content (AvgIpc) is 2.74. The standard InChI is InChI=1S/C22H33N5O3/c1-14(2)30-22(29)16-3-6-18(7-4-16)26-21(28)15-9-11-27(12-10-15)19-8-5-17(13-25-19)20(23)24/h5,8,13-16,18H,3-4,6-7,9-12H2,1-2H3,(H3,23,24)(H,26,28). The predicted molar refractivity (Wildman–Crippen MR) is 115 cm³/mol. The minimum atomic E-state index is -0.105. The highest BCUT2D eigenvalue weighted by Crippen LogP contribution is 2.27. The molecule has 1 aliphatic heterocycles. The van der Waals surface area contributed by atoms with E-state index in [1.807, 2.05) is 19.9 Å². The van der Waals surface area contributed by atoms with Gasteiger partial charge in [0.05, 0.1) is 12.0 Å². The van der Waals surface area contributed by atoms with Crippen molar-refractivity contribution < 1.29 is 14.3 Å². The lowest BCUT2D eigenvalue weighted by Gasteiger charge is -2.34. The van der Waals surface area contributed by atoms with Gasteiger partial charge < -0.3 is 20.7 Å². The van der Waals surface area contributed by atoms with Gasteiger partial charge in [0, 0.05) is 36.8 Å². The van der Waals surface area contributed by atoms with E-state index in [-0.39, 0.29) is 41.7 Å². The van der Waals surface area contributed by atoms with Gasteiger partial charge in [0.15, 0.2) is 0 Å². The highest BCUT2D eigenvalue weighted by Gasteiger charge is 2.31. The van der Waals surface area contributed by atoms with Gasteiger partial charge >= 0.3 is 5.97 Å². The molecule has 2 aliphatic rings. The summed E-state index contributed by atoms with van der Waals surface area (Å²) < 4.78 is 5.31. The van der Waals surface area contributed by atoms with Crippen LogP contribution in [0.2, 0.25) is 0 Å². The molecule has 1 saturated heterocycles. The van der Waals surface area contributed by atoms with Crippen LogP contribution in [0, 0.1) is 17.2 Å².